The lowest BCUT2D eigenvalue weighted by atomic mass is 10.0. The van der Waals surface area contributed by atoms with Crippen molar-refractivity contribution in [3.8, 4) is 0 Å². The van der Waals surface area contributed by atoms with Crippen molar-refractivity contribution < 1.29 is 0 Å². The topological polar surface area (TPSA) is 41.0 Å². The van der Waals surface area contributed by atoms with Gasteiger partial charge in [0.15, 0.2) is 0 Å². The van der Waals surface area contributed by atoms with E-state index in [2.05, 4.69) is 20.2 Å². The van der Waals surface area contributed by atoms with Gasteiger partial charge in [-0.05, 0) is 37.8 Å². The van der Waals surface area contributed by atoms with Gasteiger partial charge >= 0.3 is 0 Å². The molecule has 1 aromatic rings. The lowest BCUT2D eigenvalue weighted by Gasteiger charge is -2.17. The number of nitrogens with one attached hydrogen (secondary N) is 1. The van der Waals surface area contributed by atoms with Gasteiger partial charge in [-0.2, -0.15) is 0 Å². The minimum absolute atomic E-state index is 0.586. The summed E-state index contributed by atoms with van der Waals surface area (Å²) in [5.74, 6) is 1.61. The van der Waals surface area contributed by atoms with Crippen LogP contribution in [-0.2, 0) is 0 Å². The van der Waals surface area contributed by atoms with Crippen LogP contribution in [0.3, 0.4) is 0 Å². The lowest BCUT2D eigenvalue weighted by Crippen LogP contribution is -2.30. The van der Waals surface area contributed by atoms with Gasteiger partial charge in [-0.15, -0.1) is 0 Å². The summed E-state index contributed by atoms with van der Waals surface area (Å²) >= 11 is 0. The summed E-state index contributed by atoms with van der Waals surface area (Å²) in [5.41, 5.74) is 1.33. The molecule has 0 amide bonds. The van der Waals surface area contributed by atoms with E-state index in [0.717, 1.165) is 19.0 Å². The van der Waals surface area contributed by atoms with Crippen LogP contribution >= 0.6 is 0 Å². The van der Waals surface area contributed by atoms with Crippen LogP contribution in [0.15, 0.2) is 12.4 Å². The summed E-state index contributed by atoms with van der Waals surface area (Å²) in [6.45, 7) is 2.09. The molecule has 1 saturated heterocycles. The maximum Gasteiger partial charge on any atom is 0.225 e. The molecule has 2 fully saturated rings. The molecule has 98 valence electrons. The second-order valence-electron chi connectivity index (χ2n) is 5.52. The molecule has 1 N–H and O–H groups in total. The zero-order valence-electron chi connectivity index (χ0n) is 11.1. The van der Waals surface area contributed by atoms with E-state index in [9.17, 15) is 0 Å². The molecule has 1 aliphatic carbocycles. The quantitative estimate of drug-likeness (QED) is 0.885. The first-order valence-electron chi connectivity index (χ1n) is 7.11. The second-order valence-corrected chi connectivity index (χ2v) is 5.52. The van der Waals surface area contributed by atoms with E-state index in [1.807, 2.05) is 19.4 Å². The van der Waals surface area contributed by atoms with E-state index in [1.165, 1.54) is 37.7 Å². The van der Waals surface area contributed by atoms with Crippen molar-refractivity contribution >= 4 is 5.95 Å². The molecule has 0 bridgehead atoms. The van der Waals surface area contributed by atoms with Gasteiger partial charge in [0.1, 0.15) is 0 Å². The standard InChI is InChI=1S/C14H22N4/c1-15-13-6-7-18(10-13)14-16-8-12(9-17-14)11-4-2-3-5-11/h8-9,11,13,15H,2-7,10H2,1H3. The molecule has 1 aromatic heterocycles. The van der Waals surface area contributed by atoms with E-state index in [1.54, 1.807) is 0 Å². The van der Waals surface area contributed by atoms with Crippen molar-refractivity contribution in [3.05, 3.63) is 18.0 Å². The fraction of sp³-hybridized carbons (Fsp3) is 0.714. The van der Waals surface area contributed by atoms with E-state index in [0.29, 0.717) is 12.0 Å². The van der Waals surface area contributed by atoms with Crippen molar-refractivity contribution in [1.29, 1.82) is 0 Å². The van der Waals surface area contributed by atoms with Gasteiger partial charge in [-0.1, -0.05) is 12.8 Å². The first-order chi connectivity index (χ1) is 8.86. The largest absolute Gasteiger partial charge is 0.339 e. The normalized spacial score (nSPS) is 24.9. The summed E-state index contributed by atoms with van der Waals surface area (Å²) in [7, 11) is 2.03. The average Bonchev–Trinajstić information content (AvgIpc) is 3.10. The van der Waals surface area contributed by atoms with Gasteiger partial charge in [0, 0.05) is 31.5 Å². The van der Waals surface area contributed by atoms with Crippen LogP contribution in [0.4, 0.5) is 5.95 Å². The van der Waals surface area contributed by atoms with Crippen molar-refractivity contribution in [2.75, 3.05) is 25.0 Å². The summed E-state index contributed by atoms with van der Waals surface area (Å²) in [5, 5.41) is 3.32. The minimum atomic E-state index is 0.586. The molecule has 1 unspecified atom stereocenters. The van der Waals surface area contributed by atoms with Crippen LogP contribution in [0.1, 0.15) is 43.6 Å². The molecule has 1 saturated carbocycles. The fourth-order valence-electron chi connectivity index (χ4n) is 3.14. The molecular weight excluding hydrogens is 224 g/mol. The Bertz CT molecular complexity index is 383. The molecule has 3 rings (SSSR count). The van der Waals surface area contributed by atoms with E-state index >= 15 is 0 Å². The fourth-order valence-corrected chi connectivity index (χ4v) is 3.14. The first-order valence-corrected chi connectivity index (χ1v) is 7.11. The number of nitrogens with zero attached hydrogens (tertiary/aromatic N) is 3. The number of likely N-dealkylation sites (N-methyl/N-ethyl adjacent to an activating group) is 1. The first kappa shape index (κ1) is 11.9. The van der Waals surface area contributed by atoms with Crippen LogP contribution in [0.5, 0.6) is 0 Å². The molecule has 0 spiro atoms. The van der Waals surface area contributed by atoms with Crippen LogP contribution < -0.4 is 10.2 Å². The maximum atomic E-state index is 4.56. The van der Waals surface area contributed by atoms with Gasteiger partial charge < -0.3 is 10.2 Å². The Kier molecular flexibility index (Phi) is 3.46. The summed E-state index contributed by atoms with van der Waals surface area (Å²) in [6, 6.07) is 0.586. The molecule has 1 aliphatic heterocycles. The van der Waals surface area contributed by atoms with Crippen LogP contribution in [0.2, 0.25) is 0 Å². The lowest BCUT2D eigenvalue weighted by molar-refractivity contribution is 0.616. The van der Waals surface area contributed by atoms with Gasteiger partial charge in [0.25, 0.3) is 0 Å². The number of aromatic nitrogens is 2. The second kappa shape index (κ2) is 5.22. The predicted molar refractivity (Wildman–Crippen MR) is 72.9 cm³/mol. The third kappa shape index (κ3) is 2.34. The highest BCUT2D eigenvalue weighted by molar-refractivity contribution is 5.33. The molecule has 18 heavy (non-hydrogen) atoms. The Morgan fingerprint density at radius 1 is 1.17 bits per heavy atom. The van der Waals surface area contributed by atoms with Gasteiger partial charge in [-0.3, -0.25) is 0 Å². The SMILES string of the molecule is CNC1CCN(c2ncc(C3CCCC3)cn2)C1. The zero-order chi connectivity index (χ0) is 12.4. The van der Waals surface area contributed by atoms with Gasteiger partial charge in [-0.25, -0.2) is 9.97 Å². The zero-order valence-corrected chi connectivity index (χ0v) is 11.1. The summed E-state index contributed by atoms with van der Waals surface area (Å²) < 4.78 is 0. The average molecular weight is 246 g/mol. The van der Waals surface area contributed by atoms with Gasteiger partial charge in [0.05, 0.1) is 0 Å². The smallest absolute Gasteiger partial charge is 0.225 e. The summed E-state index contributed by atoms with van der Waals surface area (Å²) in [4.78, 5) is 11.4. The Hall–Kier alpha value is -1.16. The minimum Gasteiger partial charge on any atom is -0.339 e. The van der Waals surface area contributed by atoms with Crippen molar-refractivity contribution in [3.63, 3.8) is 0 Å². The Labute approximate surface area is 109 Å². The van der Waals surface area contributed by atoms with Crippen molar-refractivity contribution in [2.45, 2.75) is 44.1 Å². The van der Waals surface area contributed by atoms with Gasteiger partial charge in [0.2, 0.25) is 5.95 Å². The molecular formula is C14H22N4. The highest BCUT2D eigenvalue weighted by Gasteiger charge is 2.23. The number of hydrogen-bond acceptors (Lipinski definition) is 4. The summed E-state index contributed by atoms with van der Waals surface area (Å²) in [6.07, 6.45) is 10.6. The Morgan fingerprint density at radius 2 is 1.89 bits per heavy atom. The molecule has 1 atom stereocenters. The Morgan fingerprint density at radius 3 is 2.50 bits per heavy atom. The molecule has 2 heterocycles. The predicted octanol–water partition coefficient (Wildman–Crippen LogP) is 1.93. The highest BCUT2D eigenvalue weighted by Crippen LogP contribution is 2.33. The Balaban J connectivity index is 1.67. The van der Waals surface area contributed by atoms with E-state index < -0.39 is 0 Å². The third-order valence-electron chi connectivity index (χ3n) is 4.36. The number of rotatable bonds is 3. The van der Waals surface area contributed by atoms with Crippen LogP contribution in [-0.4, -0.2) is 36.1 Å². The molecule has 0 radical (unpaired) electrons. The van der Waals surface area contributed by atoms with E-state index in [-0.39, 0.29) is 0 Å². The molecule has 4 nitrogen and oxygen atoms in total. The number of hydrogen-bond donors (Lipinski definition) is 1. The molecule has 0 aromatic carbocycles. The monoisotopic (exact) mass is 246 g/mol. The number of anilines is 1. The van der Waals surface area contributed by atoms with Crippen LogP contribution in [0.25, 0.3) is 0 Å². The highest BCUT2D eigenvalue weighted by atomic mass is 15.3. The third-order valence-corrected chi connectivity index (χ3v) is 4.36. The van der Waals surface area contributed by atoms with Crippen molar-refractivity contribution in [2.24, 2.45) is 0 Å². The molecule has 4 heteroatoms. The molecule has 2 aliphatic rings. The van der Waals surface area contributed by atoms with Crippen molar-refractivity contribution in [1.82, 2.24) is 15.3 Å². The van der Waals surface area contributed by atoms with E-state index in [4.69, 9.17) is 0 Å². The van der Waals surface area contributed by atoms with Crippen LogP contribution in [0, 0.1) is 0 Å². The maximum absolute atomic E-state index is 4.56.